The number of hydrogen-bond acceptors (Lipinski definition) is 5. The van der Waals surface area contributed by atoms with E-state index in [0.717, 1.165) is 16.5 Å². The van der Waals surface area contributed by atoms with E-state index in [4.69, 9.17) is 11.6 Å². The van der Waals surface area contributed by atoms with E-state index >= 15 is 0 Å². The van der Waals surface area contributed by atoms with E-state index in [2.05, 4.69) is 35.5 Å². The van der Waals surface area contributed by atoms with Gasteiger partial charge in [0.2, 0.25) is 0 Å². The number of amides is 1. The maximum Gasteiger partial charge on any atom is 0.259 e. The molecule has 4 heterocycles. The number of hydrogen-bond donors (Lipinski definition) is 3. The Hall–Kier alpha value is -3.78. The molecule has 0 bridgehead atoms. The van der Waals surface area contributed by atoms with Crippen molar-refractivity contribution in [3.8, 4) is 11.4 Å². The third kappa shape index (κ3) is 3.09. The Kier molecular flexibility index (Phi) is 4.18. The number of alkyl halides is 1. The van der Waals surface area contributed by atoms with Crippen LogP contribution in [0.25, 0.3) is 33.5 Å². The van der Waals surface area contributed by atoms with E-state index in [1.165, 1.54) is 0 Å². The van der Waals surface area contributed by atoms with Gasteiger partial charge in [0, 0.05) is 23.7 Å². The summed E-state index contributed by atoms with van der Waals surface area (Å²) in [6.45, 7) is 0. The lowest BCUT2D eigenvalue weighted by Crippen LogP contribution is -2.11. The number of halogens is 1. The van der Waals surface area contributed by atoms with E-state index in [0.29, 0.717) is 39.7 Å². The van der Waals surface area contributed by atoms with Crippen LogP contribution >= 0.6 is 11.6 Å². The molecule has 0 spiro atoms. The second-order valence-corrected chi connectivity index (χ2v) is 6.70. The summed E-state index contributed by atoms with van der Waals surface area (Å²) in [5.41, 5.74) is 5.07. The predicted octanol–water partition coefficient (Wildman–Crippen LogP) is 3.89. The van der Waals surface area contributed by atoms with Crippen molar-refractivity contribution in [1.29, 1.82) is 0 Å². The normalized spacial score (nSPS) is 11.2. The Bertz CT molecular complexity index is 1340. The summed E-state index contributed by atoms with van der Waals surface area (Å²) in [5, 5.41) is 11.1. The lowest BCUT2D eigenvalue weighted by molar-refractivity contribution is 0.102. The second-order valence-electron chi connectivity index (χ2n) is 6.44. The number of carbonyl (C=O) groups is 1. The van der Waals surface area contributed by atoms with E-state index in [9.17, 15) is 4.79 Å². The molecule has 9 heteroatoms. The summed E-state index contributed by atoms with van der Waals surface area (Å²) in [4.78, 5) is 28.8. The van der Waals surface area contributed by atoms with Crippen LogP contribution in [-0.2, 0) is 5.88 Å². The Morgan fingerprint density at radius 2 is 2.14 bits per heavy atom. The van der Waals surface area contributed by atoms with E-state index in [1.807, 2.05) is 18.2 Å². The van der Waals surface area contributed by atoms with E-state index in [-0.39, 0.29) is 5.91 Å². The molecule has 3 N–H and O–H groups in total. The highest BCUT2D eigenvalue weighted by Gasteiger charge is 2.17. The van der Waals surface area contributed by atoms with E-state index < -0.39 is 0 Å². The summed E-state index contributed by atoms with van der Waals surface area (Å²) in [6.07, 6.45) is 6.44. The monoisotopic (exact) mass is 403 g/mol. The van der Waals surface area contributed by atoms with Crippen molar-refractivity contribution < 1.29 is 4.79 Å². The minimum Gasteiger partial charge on any atom is -0.344 e. The van der Waals surface area contributed by atoms with Crippen LogP contribution in [0.5, 0.6) is 0 Å². The second kappa shape index (κ2) is 6.99. The molecule has 0 saturated heterocycles. The lowest BCUT2D eigenvalue weighted by atomic mass is 10.1. The Morgan fingerprint density at radius 1 is 1.21 bits per heavy atom. The predicted molar refractivity (Wildman–Crippen MR) is 111 cm³/mol. The number of anilines is 1. The van der Waals surface area contributed by atoms with Crippen molar-refractivity contribution in [1.82, 2.24) is 30.1 Å². The minimum absolute atomic E-state index is 0.297. The Morgan fingerprint density at radius 3 is 2.97 bits per heavy atom. The maximum absolute atomic E-state index is 12.7. The van der Waals surface area contributed by atoms with Crippen LogP contribution < -0.4 is 5.32 Å². The van der Waals surface area contributed by atoms with Crippen molar-refractivity contribution in [2.24, 2.45) is 0 Å². The SMILES string of the molecule is O=C(Nc1cccnc1)c1c[nH]c2ncc(-c3n[nH]c4cc(CCl)ccc34)nc12. The Labute approximate surface area is 169 Å². The van der Waals surface area contributed by atoms with Gasteiger partial charge in [0.05, 0.1) is 29.2 Å². The number of benzene rings is 1. The van der Waals surface area contributed by atoms with Crippen LogP contribution in [0.3, 0.4) is 0 Å². The zero-order valence-electron chi connectivity index (χ0n) is 15.0. The summed E-state index contributed by atoms with van der Waals surface area (Å²) < 4.78 is 0. The minimum atomic E-state index is -0.297. The molecule has 0 radical (unpaired) electrons. The van der Waals surface area contributed by atoms with Gasteiger partial charge in [-0.25, -0.2) is 9.97 Å². The highest BCUT2D eigenvalue weighted by Crippen LogP contribution is 2.27. The molecule has 1 aromatic carbocycles. The molecule has 0 aliphatic rings. The number of H-pyrrole nitrogens is 2. The molecule has 0 saturated carbocycles. The molecule has 0 aliphatic heterocycles. The first-order valence-corrected chi connectivity index (χ1v) is 9.35. The number of aromatic nitrogens is 6. The molecular weight excluding hydrogens is 390 g/mol. The maximum atomic E-state index is 12.7. The molecule has 0 fully saturated rings. The first-order chi connectivity index (χ1) is 14.2. The fraction of sp³-hybridized carbons (Fsp3) is 0.0500. The summed E-state index contributed by atoms with van der Waals surface area (Å²) in [5.74, 6) is 0.129. The van der Waals surface area contributed by atoms with Gasteiger partial charge in [0.25, 0.3) is 5.91 Å². The average Bonchev–Trinajstić information content (AvgIpc) is 3.37. The van der Waals surface area contributed by atoms with Crippen LogP contribution in [0.1, 0.15) is 15.9 Å². The molecule has 0 atom stereocenters. The van der Waals surface area contributed by atoms with Crippen LogP contribution in [0.15, 0.2) is 55.1 Å². The fourth-order valence-electron chi connectivity index (χ4n) is 3.16. The summed E-state index contributed by atoms with van der Waals surface area (Å²) in [7, 11) is 0. The standard InChI is InChI=1S/C20H14ClN7O/c21-7-11-3-4-13-15(6-11)27-28-17(13)16-10-24-19-18(26-16)14(9-23-19)20(29)25-12-2-1-5-22-8-12/h1-6,8-10H,7H2,(H,23,24)(H,25,29)(H,27,28). The zero-order chi connectivity index (χ0) is 19.8. The van der Waals surface area contributed by atoms with Crippen molar-refractivity contribution in [3.63, 3.8) is 0 Å². The molecule has 5 aromatic rings. The average molecular weight is 404 g/mol. The van der Waals surface area contributed by atoms with Gasteiger partial charge >= 0.3 is 0 Å². The van der Waals surface area contributed by atoms with Gasteiger partial charge in [-0.1, -0.05) is 12.1 Å². The molecule has 4 aromatic heterocycles. The van der Waals surface area contributed by atoms with Gasteiger partial charge in [0.15, 0.2) is 5.65 Å². The van der Waals surface area contributed by atoms with Crippen LogP contribution in [0, 0.1) is 0 Å². The summed E-state index contributed by atoms with van der Waals surface area (Å²) in [6, 6.07) is 9.37. The molecular formula is C20H14ClN7O. The largest absolute Gasteiger partial charge is 0.344 e. The number of rotatable bonds is 4. The Balaban J connectivity index is 1.55. The lowest BCUT2D eigenvalue weighted by Gasteiger charge is -2.03. The van der Waals surface area contributed by atoms with Crippen molar-refractivity contribution in [2.45, 2.75) is 5.88 Å². The van der Waals surface area contributed by atoms with Crippen LogP contribution in [-0.4, -0.2) is 36.0 Å². The fourth-order valence-corrected chi connectivity index (χ4v) is 3.33. The third-order valence-corrected chi connectivity index (χ3v) is 4.88. The number of carbonyl (C=O) groups excluding carboxylic acids is 1. The molecule has 29 heavy (non-hydrogen) atoms. The number of nitrogens with zero attached hydrogens (tertiary/aromatic N) is 4. The van der Waals surface area contributed by atoms with Gasteiger partial charge < -0.3 is 10.3 Å². The van der Waals surface area contributed by atoms with Crippen LogP contribution in [0.4, 0.5) is 5.69 Å². The van der Waals surface area contributed by atoms with Gasteiger partial charge in [-0.05, 0) is 23.8 Å². The first kappa shape index (κ1) is 17.3. The smallest absolute Gasteiger partial charge is 0.259 e. The van der Waals surface area contributed by atoms with Gasteiger partial charge in [-0.2, -0.15) is 5.10 Å². The highest BCUT2D eigenvalue weighted by molar-refractivity contribution is 6.17. The molecule has 0 unspecified atom stereocenters. The van der Waals surface area contributed by atoms with Crippen molar-refractivity contribution >= 4 is 45.3 Å². The molecule has 0 aliphatic carbocycles. The highest BCUT2D eigenvalue weighted by atomic mass is 35.5. The molecule has 142 valence electrons. The quantitative estimate of drug-likeness (QED) is 0.394. The van der Waals surface area contributed by atoms with E-state index in [1.54, 1.807) is 36.9 Å². The van der Waals surface area contributed by atoms with Crippen molar-refractivity contribution in [3.05, 3.63) is 66.2 Å². The number of pyridine rings is 1. The molecule has 1 amide bonds. The number of aromatic amines is 2. The summed E-state index contributed by atoms with van der Waals surface area (Å²) >= 11 is 5.91. The molecule has 8 nitrogen and oxygen atoms in total. The van der Waals surface area contributed by atoms with Gasteiger partial charge in [0.1, 0.15) is 16.9 Å². The number of nitrogens with one attached hydrogen (secondary N) is 3. The zero-order valence-corrected chi connectivity index (χ0v) is 15.7. The van der Waals surface area contributed by atoms with Gasteiger partial charge in [-0.15, -0.1) is 11.6 Å². The third-order valence-electron chi connectivity index (χ3n) is 4.57. The number of fused-ring (bicyclic) bond motifs is 2. The van der Waals surface area contributed by atoms with Crippen molar-refractivity contribution in [2.75, 3.05) is 5.32 Å². The first-order valence-electron chi connectivity index (χ1n) is 8.82. The molecule has 5 rings (SSSR count). The van der Waals surface area contributed by atoms with Crippen LogP contribution in [0.2, 0.25) is 0 Å². The topological polar surface area (TPSA) is 112 Å². The van der Waals surface area contributed by atoms with Gasteiger partial charge in [-0.3, -0.25) is 14.9 Å².